The summed E-state index contributed by atoms with van der Waals surface area (Å²) in [6.07, 6.45) is 1.47. The standard InChI is InChI=1S/C9H16N2O2/c1-9(2,3)11(4)8-10-7(5-12)6-13-8/h6,12H,5H2,1-4H3. The molecule has 4 heteroatoms. The number of hydrogen-bond donors (Lipinski definition) is 1. The third-order valence-corrected chi connectivity index (χ3v) is 1.99. The molecule has 13 heavy (non-hydrogen) atoms. The van der Waals surface area contributed by atoms with Crippen molar-refractivity contribution < 1.29 is 9.52 Å². The molecule has 0 aliphatic rings. The van der Waals surface area contributed by atoms with Crippen LogP contribution in [-0.2, 0) is 6.61 Å². The average molecular weight is 184 g/mol. The highest BCUT2D eigenvalue weighted by Crippen LogP contribution is 2.20. The van der Waals surface area contributed by atoms with Gasteiger partial charge in [0, 0.05) is 12.6 Å². The van der Waals surface area contributed by atoms with E-state index in [2.05, 4.69) is 25.8 Å². The van der Waals surface area contributed by atoms with Gasteiger partial charge >= 0.3 is 0 Å². The number of aromatic nitrogens is 1. The first-order valence-corrected chi connectivity index (χ1v) is 4.24. The molecule has 0 radical (unpaired) electrons. The zero-order chi connectivity index (χ0) is 10.1. The first kappa shape index (κ1) is 10.1. The van der Waals surface area contributed by atoms with Crippen molar-refractivity contribution in [2.45, 2.75) is 32.9 Å². The lowest BCUT2D eigenvalue weighted by molar-refractivity contribution is 0.276. The van der Waals surface area contributed by atoms with Crippen LogP contribution >= 0.6 is 0 Å². The summed E-state index contributed by atoms with van der Waals surface area (Å²) in [4.78, 5) is 6.03. The van der Waals surface area contributed by atoms with Gasteiger partial charge in [-0.1, -0.05) is 0 Å². The second-order valence-electron chi connectivity index (χ2n) is 4.01. The molecule has 0 saturated carbocycles. The van der Waals surface area contributed by atoms with E-state index in [0.29, 0.717) is 11.7 Å². The number of hydrogen-bond acceptors (Lipinski definition) is 4. The number of anilines is 1. The van der Waals surface area contributed by atoms with Crippen LogP contribution in [0.4, 0.5) is 6.01 Å². The maximum atomic E-state index is 8.79. The predicted octanol–water partition coefficient (Wildman–Crippen LogP) is 1.40. The van der Waals surface area contributed by atoms with Crippen molar-refractivity contribution in [3.8, 4) is 0 Å². The van der Waals surface area contributed by atoms with Crippen LogP contribution in [0.15, 0.2) is 10.7 Å². The van der Waals surface area contributed by atoms with E-state index >= 15 is 0 Å². The van der Waals surface area contributed by atoms with Gasteiger partial charge in [0.1, 0.15) is 12.0 Å². The van der Waals surface area contributed by atoms with E-state index in [4.69, 9.17) is 9.52 Å². The molecule has 4 nitrogen and oxygen atoms in total. The zero-order valence-corrected chi connectivity index (χ0v) is 8.53. The van der Waals surface area contributed by atoms with Gasteiger partial charge < -0.3 is 14.4 Å². The summed E-state index contributed by atoms with van der Waals surface area (Å²) in [7, 11) is 1.91. The van der Waals surface area contributed by atoms with Gasteiger partial charge in [-0.05, 0) is 20.8 Å². The minimum Gasteiger partial charge on any atom is -0.432 e. The van der Waals surface area contributed by atoms with E-state index in [9.17, 15) is 0 Å². The second-order valence-corrected chi connectivity index (χ2v) is 4.01. The van der Waals surface area contributed by atoms with E-state index in [-0.39, 0.29) is 12.1 Å². The van der Waals surface area contributed by atoms with E-state index in [1.54, 1.807) is 0 Å². The Morgan fingerprint density at radius 2 is 2.15 bits per heavy atom. The van der Waals surface area contributed by atoms with Crippen LogP contribution in [0.25, 0.3) is 0 Å². The minimum absolute atomic E-state index is 0.0302. The highest BCUT2D eigenvalue weighted by Gasteiger charge is 2.21. The van der Waals surface area contributed by atoms with Gasteiger partial charge in [0.25, 0.3) is 6.01 Å². The molecule has 1 aromatic heterocycles. The summed E-state index contributed by atoms with van der Waals surface area (Å²) in [6, 6.07) is 0.538. The molecule has 0 aliphatic carbocycles. The largest absolute Gasteiger partial charge is 0.432 e. The topological polar surface area (TPSA) is 49.5 Å². The lowest BCUT2D eigenvalue weighted by Gasteiger charge is -2.30. The van der Waals surface area contributed by atoms with Crippen LogP contribution in [0, 0.1) is 0 Å². The number of rotatable bonds is 2. The summed E-state index contributed by atoms with van der Waals surface area (Å²) in [6.45, 7) is 6.11. The fourth-order valence-electron chi connectivity index (χ4n) is 0.810. The normalized spacial score (nSPS) is 11.8. The molecular weight excluding hydrogens is 168 g/mol. The van der Waals surface area contributed by atoms with Gasteiger partial charge in [-0.2, -0.15) is 4.98 Å². The Balaban J connectivity index is 2.83. The third kappa shape index (κ3) is 2.21. The lowest BCUT2D eigenvalue weighted by atomic mass is 10.1. The number of nitrogens with zero attached hydrogens (tertiary/aromatic N) is 2. The lowest BCUT2D eigenvalue weighted by Crippen LogP contribution is -2.38. The highest BCUT2D eigenvalue weighted by molar-refractivity contribution is 5.29. The molecule has 0 spiro atoms. The van der Waals surface area contributed by atoms with Gasteiger partial charge in [0.2, 0.25) is 0 Å². The van der Waals surface area contributed by atoms with E-state index < -0.39 is 0 Å². The highest BCUT2D eigenvalue weighted by atomic mass is 16.4. The van der Waals surface area contributed by atoms with E-state index in [1.165, 1.54) is 6.26 Å². The fourth-order valence-corrected chi connectivity index (χ4v) is 0.810. The number of aliphatic hydroxyl groups excluding tert-OH is 1. The maximum Gasteiger partial charge on any atom is 0.297 e. The van der Waals surface area contributed by atoms with Crippen molar-refractivity contribution in [2.75, 3.05) is 11.9 Å². The first-order chi connectivity index (χ1) is 5.95. The average Bonchev–Trinajstić information content (AvgIpc) is 2.48. The van der Waals surface area contributed by atoms with E-state index in [0.717, 1.165) is 0 Å². The molecule has 0 bridgehead atoms. The monoisotopic (exact) mass is 184 g/mol. The maximum absolute atomic E-state index is 8.79. The third-order valence-electron chi connectivity index (χ3n) is 1.99. The molecule has 0 atom stereocenters. The summed E-state index contributed by atoms with van der Waals surface area (Å²) in [5.41, 5.74) is 0.531. The van der Waals surface area contributed by atoms with Crippen molar-refractivity contribution in [3.05, 3.63) is 12.0 Å². The van der Waals surface area contributed by atoms with Crippen LogP contribution in [0.1, 0.15) is 26.5 Å². The Hall–Kier alpha value is -1.03. The SMILES string of the molecule is CN(c1nc(CO)co1)C(C)(C)C. The number of oxazole rings is 1. The fraction of sp³-hybridized carbons (Fsp3) is 0.667. The van der Waals surface area contributed by atoms with Crippen molar-refractivity contribution in [1.82, 2.24) is 4.98 Å². The first-order valence-electron chi connectivity index (χ1n) is 4.24. The van der Waals surface area contributed by atoms with E-state index in [1.807, 2.05) is 11.9 Å². The molecule has 0 fully saturated rings. The molecule has 1 heterocycles. The molecular formula is C9H16N2O2. The summed E-state index contributed by atoms with van der Waals surface area (Å²) in [5.74, 6) is 0. The summed E-state index contributed by atoms with van der Waals surface area (Å²) in [5, 5.41) is 8.79. The molecule has 1 rings (SSSR count). The Kier molecular flexibility index (Phi) is 2.61. The molecule has 1 N–H and O–H groups in total. The minimum atomic E-state index is -0.0819. The van der Waals surface area contributed by atoms with Crippen molar-refractivity contribution in [3.63, 3.8) is 0 Å². The molecule has 1 aromatic rings. The Bertz CT molecular complexity index is 275. The quantitative estimate of drug-likeness (QED) is 0.754. The van der Waals surface area contributed by atoms with Crippen LogP contribution in [-0.4, -0.2) is 22.7 Å². The Labute approximate surface area is 78.2 Å². The molecule has 0 unspecified atom stereocenters. The molecule has 74 valence electrons. The van der Waals surface area contributed by atoms with Crippen molar-refractivity contribution in [2.24, 2.45) is 0 Å². The van der Waals surface area contributed by atoms with Gasteiger partial charge in [-0.3, -0.25) is 0 Å². The van der Waals surface area contributed by atoms with Crippen LogP contribution in [0.2, 0.25) is 0 Å². The molecule has 0 aliphatic heterocycles. The van der Waals surface area contributed by atoms with Crippen LogP contribution < -0.4 is 4.90 Å². The van der Waals surface area contributed by atoms with Gasteiger partial charge in [-0.15, -0.1) is 0 Å². The number of aliphatic hydroxyl groups is 1. The molecule has 0 saturated heterocycles. The van der Waals surface area contributed by atoms with Crippen molar-refractivity contribution >= 4 is 6.01 Å². The molecule has 0 aromatic carbocycles. The summed E-state index contributed by atoms with van der Waals surface area (Å²) < 4.78 is 5.20. The second kappa shape index (κ2) is 3.38. The Morgan fingerprint density at radius 3 is 2.54 bits per heavy atom. The predicted molar refractivity (Wildman–Crippen MR) is 50.6 cm³/mol. The van der Waals surface area contributed by atoms with Crippen LogP contribution in [0.5, 0.6) is 0 Å². The zero-order valence-electron chi connectivity index (χ0n) is 8.53. The van der Waals surface area contributed by atoms with Gasteiger partial charge in [0.15, 0.2) is 0 Å². The summed E-state index contributed by atoms with van der Waals surface area (Å²) >= 11 is 0. The smallest absolute Gasteiger partial charge is 0.297 e. The van der Waals surface area contributed by atoms with Crippen LogP contribution in [0.3, 0.4) is 0 Å². The van der Waals surface area contributed by atoms with Crippen molar-refractivity contribution in [1.29, 1.82) is 0 Å². The Morgan fingerprint density at radius 1 is 1.54 bits per heavy atom. The molecule has 0 amide bonds. The van der Waals surface area contributed by atoms with Gasteiger partial charge in [0.05, 0.1) is 6.61 Å². The van der Waals surface area contributed by atoms with Gasteiger partial charge in [-0.25, -0.2) is 0 Å².